The highest BCUT2D eigenvalue weighted by Crippen LogP contribution is 2.38. The van der Waals surface area contributed by atoms with E-state index in [1.165, 1.54) is 11.1 Å². The van der Waals surface area contributed by atoms with Crippen LogP contribution in [0.1, 0.15) is 24.0 Å². The zero-order chi connectivity index (χ0) is 16.1. The lowest BCUT2D eigenvalue weighted by Crippen LogP contribution is -2.09. The summed E-state index contributed by atoms with van der Waals surface area (Å²) in [7, 11) is 3.55. The zero-order valence-corrected chi connectivity index (χ0v) is 13.6. The standard InChI is InChI=1S/C19H22N2O2/c1-20-11-5-6-12-23-14-9-10-16-15-7-3-4-8-17(15)19(21-22-2)18(16)13-14/h3-4,7-10,13,20H,5-6,11-12H2,1-2H3/b21-19-. The summed E-state index contributed by atoms with van der Waals surface area (Å²) < 4.78 is 5.88. The van der Waals surface area contributed by atoms with Gasteiger partial charge in [-0.3, -0.25) is 0 Å². The highest BCUT2D eigenvalue weighted by atomic mass is 16.6. The molecule has 0 radical (unpaired) electrons. The first-order valence-corrected chi connectivity index (χ1v) is 7.98. The predicted octanol–water partition coefficient (Wildman–Crippen LogP) is 3.44. The summed E-state index contributed by atoms with van der Waals surface area (Å²) >= 11 is 0. The predicted molar refractivity (Wildman–Crippen MR) is 93.2 cm³/mol. The molecule has 3 rings (SSSR count). The van der Waals surface area contributed by atoms with Gasteiger partial charge < -0.3 is 14.9 Å². The molecule has 0 aliphatic heterocycles. The van der Waals surface area contributed by atoms with E-state index in [-0.39, 0.29) is 0 Å². The molecule has 1 aliphatic rings. The normalized spacial score (nSPS) is 13.7. The Kier molecular flexibility index (Phi) is 4.93. The minimum atomic E-state index is 0.726. The molecule has 2 aromatic carbocycles. The van der Waals surface area contributed by atoms with Crippen LogP contribution in [-0.4, -0.2) is 33.0 Å². The number of oxime groups is 1. The molecule has 2 aromatic rings. The molecule has 0 bridgehead atoms. The first-order chi connectivity index (χ1) is 11.3. The Morgan fingerprint density at radius 1 is 0.957 bits per heavy atom. The third-order valence-electron chi connectivity index (χ3n) is 3.99. The van der Waals surface area contributed by atoms with Crippen LogP contribution in [0.4, 0.5) is 0 Å². The van der Waals surface area contributed by atoms with Crippen LogP contribution in [0, 0.1) is 0 Å². The third kappa shape index (κ3) is 3.22. The fourth-order valence-electron chi connectivity index (χ4n) is 2.90. The number of nitrogens with one attached hydrogen (secondary N) is 1. The van der Waals surface area contributed by atoms with Crippen molar-refractivity contribution in [3.05, 3.63) is 53.6 Å². The number of hydrogen-bond donors (Lipinski definition) is 1. The van der Waals surface area contributed by atoms with Gasteiger partial charge in [0.25, 0.3) is 0 Å². The van der Waals surface area contributed by atoms with Crippen LogP contribution in [0.25, 0.3) is 11.1 Å². The van der Waals surface area contributed by atoms with E-state index in [4.69, 9.17) is 9.57 Å². The quantitative estimate of drug-likeness (QED) is 0.537. The summed E-state index contributed by atoms with van der Waals surface area (Å²) in [6, 6.07) is 14.5. The number of fused-ring (bicyclic) bond motifs is 3. The molecule has 0 amide bonds. The highest BCUT2D eigenvalue weighted by molar-refractivity contribution is 6.24. The van der Waals surface area contributed by atoms with Gasteiger partial charge in [-0.2, -0.15) is 0 Å². The lowest BCUT2D eigenvalue weighted by molar-refractivity contribution is 0.214. The van der Waals surface area contributed by atoms with E-state index in [1.54, 1.807) is 7.11 Å². The third-order valence-corrected chi connectivity index (χ3v) is 3.99. The fourth-order valence-corrected chi connectivity index (χ4v) is 2.90. The second-order valence-corrected chi connectivity index (χ2v) is 5.53. The van der Waals surface area contributed by atoms with Crippen LogP contribution in [0.3, 0.4) is 0 Å². The molecule has 120 valence electrons. The van der Waals surface area contributed by atoms with Gasteiger partial charge in [0.1, 0.15) is 18.6 Å². The molecule has 0 spiro atoms. The van der Waals surface area contributed by atoms with E-state index in [1.807, 2.05) is 25.2 Å². The largest absolute Gasteiger partial charge is 0.494 e. The van der Waals surface area contributed by atoms with Crippen molar-refractivity contribution in [3.8, 4) is 16.9 Å². The molecule has 0 unspecified atom stereocenters. The molecule has 0 fully saturated rings. The average Bonchev–Trinajstić information content (AvgIpc) is 2.89. The Labute approximate surface area is 137 Å². The van der Waals surface area contributed by atoms with Crippen molar-refractivity contribution in [2.24, 2.45) is 5.16 Å². The van der Waals surface area contributed by atoms with Gasteiger partial charge >= 0.3 is 0 Å². The van der Waals surface area contributed by atoms with E-state index >= 15 is 0 Å². The lowest BCUT2D eigenvalue weighted by atomic mass is 10.1. The minimum Gasteiger partial charge on any atom is -0.494 e. The van der Waals surface area contributed by atoms with Gasteiger partial charge in [-0.1, -0.05) is 29.4 Å². The molecule has 4 heteroatoms. The van der Waals surface area contributed by atoms with Gasteiger partial charge in [-0.05, 0) is 55.8 Å². The maximum atomic E-state index is 5.88. The molecule has 0 heterocycles. The Bertz CT molecular complexity index is 710. The highest BCUT2D eigenvalue weighted by Gasteiger charge is 2.25. The summed E-state index contributed by atoms with van der Waals surface area (Å²) in [5.74, 6) is 0.879. The zero-order valence-electron chi connectivity index (χ0n) is 13.6. The Balaban J connectivity index is 1.81. The summed E-state index contributed by atoms with van der Waals surface area (Å²) in [4.78, 5) is 5.04. The van der Waals surface area contributed by atoms with Gasteiger partial charge in [0, 0.05) is 11.1 Å². The topological polar surface area (TPSA) is 42.8 Å². The van der Waals surface area contributed by atoms with E-state index in [9.17, 15) is 0 Å². The van der Waals surface area contributed by atoms with Crippen LogP contribution >= 0.6 is 0 Å². The fraction of sp³-hybridized carbons (Fsp3) is 0.316. The van der Waals surface area contributed by atoms with E-state index in [2.05, 4.69) is 34.7 Å². The lowest BCUT2D eigenvalue weighted by Gasteiger charge is -2.08. The molecule has 1 aliphatic carbocycles. The molecule has 0 aromatic heterocycles. The Hall–Kier alpha value is -2.33. The summed E-state index contributed by atoms with van der Waals surface area (Å²) in [6.45, 7) is 1.75. The smallest absolute Gasteiger partial charge is 0.120 e. The summed E-state index contributed by atoms with van der Waals surface area (Å²) in [5.41, 5.74) is 5.42. The van der Waals surface area contributed by atoms with Crippen LogP contribution in [0.5, 0.6) is 5.75 Å². The Morgan fingerprint density at radius 3 is 2.52 bits per heavy atom. The minimum absolute atomic E-state index is 0.726. The molecular weight excluding hydrogens is 288 g/mol. The maximum absolute atomic E-state index is 5.88. The first-order valence-electron chi connectivity index (χ1n) is 7.98. The number of ether oxygens (including phenoxy) is 1. The number of hydrogen-bond acceptors (Lipinski definition) is 4. The molecule has 0 saturated carbocycles. The monoisotopic (exact) mass is 310 g/mol. The van der Waals surface area contributed by atoms with E-state index in [0.29, 0.717) is 0 Å². The van der Waals surface area contributed by atoms with Crippen LogP contribution < -0.4 is 10.1 Å². The number of rotatable bonds is 7. The summed E-state index contributed by atoms with van der Waals surface area (Å²) in [5, 5.41) is 7.37. The number of nitrogens with zero attached hydrogens (tertiary/aromatic N) is 1. The molecule has 0 saturated heterocycles. The van der Waals surface area contributed by atoms with Gasteiger partial charge in [0.2, 0.25) is 0 Å². The van der Waals surface area contributed by atoms with Crippen molar-refractivity contribution < 1.29 is 9.57 Å². The molecule has 4 nitrogen and oxygen atoms in total. The summed E-state index contributed by atoms with van der Waals surface area (Å²) in [6.07, 6.45) is 2.15. The van der Waals surface area contributed by atoms with Gasteiger partial charge in [0.05, 0.1) is 6.61 Å². The van der Waals surface area contributed by atoms with Gasteiger partial charge in [-0.25, -0.2) is 0 Å². The van der Waals surface area contributed by atoms with Gasteiger partial charge in [-0.15, -0.1) is 0 Å². The van der Waals surface area contributed by atoms with Crippen molar-refractivity contribution in [3.63, 3.8) is 0 Å². The molecule has 0 atom stereocenters. The van der Waals surface area contributed by atoms with Crippen molar-refractivity contribution in [2.75, 3.05) is 27.3 Å². The number of benzene rings is 2. The SMILES string of the molecule is CNCCCCOc1ccc2c(c1)/C(=N\OC)c1ccccc1-2. The van der Waals surface area contributed by atoms with Crippen LogP contribution in [0.15, 0.2) is 47.6 Å². The van der Waals surface area contributed by atoms with Gasteiger partial charge in [0.15, 0.2) is 0 Å². The maximum Gasteiger partial charge on any atom is 0.120 e. The van der Waals surface area contributed by atoms with Crippen molar-refractivity contribution in [1.82, 2.24) is 5.32 Å². The van der Waals surface area contributed by atoms with Crippen molar-refractivity contribution >= 4 is 5.71 Å². The molecular formula is C19H22N2O2. The number of unbranched alkanes of at least 4 members (excludes halogenated alkanes) is 1. The molecule has 23 heavy (non-hydrogen) atoms. The second kappa shape index (κ2) is 7.29. The van der Waals surface area contributed by atoms with Crippen molar-refractivity contribution in [2.45, 2.75) is 12.8 Å². The van der Waals surface area contributed by atoms with Crippen molar-refractivity contribution in [1.29, 1.82) is 0 Å². The van der Waals surface area contributed by atoms with Crippen LogP contribution in [0.2, 0.25) is 0 Å². The Morgan fingerprint density at radius 2 is 1.74 bits per heavy atom. The second-order valence-electron chi connectivity index (χ2n) is 5.53. The molecule has 1 N–H and O–H groups in total. The first kappa shape index (κ1) is 15.6. The van der Waals surface area contributed by atoms with E-state index < -0.39 is 0 Å². The van der Waals surface area contributed by atoms with Crippen LogP contribution in [-0.2, 0) is 4.84 Å². The van der Waals surface area contributed by atoms with E-state index in [0.717, 1.165) is 48.6 Å². The average molecular weight is 310 g/mol.